The van der Waals surface area contributed by atoms with E-state index < -0.39 is 21.5 Å². The summed E-state index contributed by atoms with van der Waals surface area (Å²) in [6.45, 7) is 4.11. The number of rotatable bonds is 7. The minimum atomic E-state index is -3.78. The van der Waals surface area contributed by atoms with Gasteiger partial charge in [0.2, 0.25) is 15.9 Å². The highest BCUT2D eigenvalue weighted by Crippen LogP contribution is 2.29. The highest BCUT2D eigenvalue weighted by atomic mass is 32.2. The Morgan fingerprint density at radius 3 is 2.26 bits per heavy atom. The van der Waals surface area contributed by atoms with Crippen LogP contribution in [0.3, 0.4) is 0 Å². The second-order valence-electron chi connectivity index (χ2n) is 7.76. The molecule has 180 valence electrons. The van der Waals surface area contributed by atoms with E-state index in [9.17, 15) is 23.4 Å². The van der Waals surface area contributed by atoms with Crippen LogP contribution in [0.4, 0.5) is 5.69 Å². The highest BCUT2D eigenvalue weighted by molar-refractivity contribution is 7.89. The lowest BCUT2D eigenvalue weighted by Gasteiger charge is -2.19. The Kier molecular flexibility index (Phi) is 6.72. The van der Waals surface area contributed by atoms with Crippen LogP contribution >= 0.6 is 0 Å². The topological polar surface area (TPSA) is 112 Å². The van der Waals surface area contributed by atoms with Crippen molar-refractivity contribution in [3.05, 3.63) is 88.7 Å². The molecule has 0 saturated heterocycles. The molecule has 0 aliphatic rings. The maximum Gasteiger partial charge on any atom is 0.265 e. The molecule has 0 aliphatic heterocycles. The van der Waals surface area contributed by atoms with Crippen LogP contribution in [0.25, 0.3) is 16.5 Å². The number of sulfonamides is 1. The van der Waals surface area contributed by atoms with Gasteiger partial charge in [-0.05, 0) is 36.4 Å². The average Bonchev–Trinajstić information content (AvgIpc) is 2.86. The van der Waals surface area contributed by atoms with E-state index in [2.05, 4.69) is 4.99 Å². The molecule has 4 aromatic rings. The third-order valence-corrected chi connectivity index (χ3v) is 7.78. The summed E-state index contributed by atoms with van der Waals surface area (Å²) >= 11 is 0. The van der Waals surface area contributed by atoms with Gasteiger partial charge in [-0.3, -0.25) is 9.79 Å². The molecule has 0 unspecified atom stereocenters. The molecule has 1 aromatic heterocycles. The van der Waals surface area contributed by atoms with Crippen molar-refractivity contribution < 1.29 is 18.6 Å². The van der Waals surface area contributed by atoms with Crippen LogP contribution in [0.1, 0.15) is 19.4 Å². The van der Waals surface area contributed by atoms with E-state index in [1.807, 2.05) is 0 Å². The molecule has 2 N–H and O–H groups in total. The van der Waals surface area contributed by atoms with Crippen LogP contribution in [-0.4, -0.2) is 46.8 Å². The van der Waals surface area contributed by atoms with Crippen LogP contribution in [0.5, 0.6) is 11.6 Å². The Morgan fingerprint density at radius 1 is 0.914 bits per heavy atom. The zero-order chi connectivity index (χ0) is 25.2. The number of phenols is 1. The number of phenolic OH excluding ortho intramolecular Hbond substituents is 1. The summed E-state index contributed by atoms with van der Waals surface area (Å²) in [6, 6.07) is 19.2. The standard InChI is InChI=1S/C26H25N3O5S/c1-3-28(4-2)35(33,34)19-11-9-10-18(16-19)29-25(31)21-13-6-5-12-20(21)22(26(29)32)17-27-23-14-7-8-15-24(23)30/h5-17,30,32H,3-4H2,1-2H3. The Morgan fingerprint density at radius 2 is 1.57 bits per heavy atom. The molecular weight excluding hydrogens is 466 g/mol. The van der Waals surface area contributed by atoms with Crippen molar-refractivity contribution >= 4 is 32.7 Å². The Bertz CT molecular complexity index is 1590. The third-order valence-electron chi connectivity index (χ3n) is 5.74. The van der Waals surface area contributed by atoms with Crippen LogP contribution in [0.15, 0.2) is 87.5 Å². The maximum atomic E-state index is 13.4. The van der Waals surface area contributed by atoms with E-state index in [-0.39, 0.29) is 21.9 Å². The molecule has 0 atom stereocenters. The van der Waals surface area contributed by atoms with Gasteiger partial charge in [0.1, 0.15) is 11.4 Å². The monoisotopic (exact) mass is 491 g/mol. The largest absolute Gasteiger partial charge is 0.506 e. The summed E-state index contributed by atoms with van der Waals surface area (Å²) in [6.07, 6.45) is 1.37. The smallest absolute Gasteiger partial charge is 0.265 e. The molecule has 0 saturated carbocycles. The van der Waals surface area contributed by atoms with Crippen molar-refractivity contribution in [1.82, 2.24) is 8.87 Å². The molecule has 8 nitrogen and oxygen atoms in total. The molecule has 0 amide bonds. The van der Waals surface area contributed by atoms with E-state index in [4.69, 9.17) is 0 Å². The molecule has 0 fully saturated rings. The maximum absolute atomic E-state index is 13.4. The average molecular weight is 492 g/mol. The van der Waals surface area contributed by atoms with Gasteiger partial charge in [-0.1, -0.05) is 50.2 Å². The predicted octanol–water partition coefficient (Wildman–Crippen LogP) is 4.18. The second-order valence-corrected chi connectivity index (χ2v) is 9.69. The van der Waals surface area contributed by atoms with Gasteiger partial charge >= 0.3 is 0 Å². The van der Waals surface area contributed by atoms with Crippen molar-refractivity contribution in [3.63, 3.8) is 0 Å². The zero-order valence-electron chi connectivity index (χ0n) is 19.3. The number of aromatic hydroxyl groups is 2. The molecule has 4 rings (SSSR count). The lowest BCUT2D eigenvalue weighted by Crippen LogP contribution is -2.30. The van der Waals surface area contributed by atoms with E-state index in [0.29, 0.717) is 29.5 Å². The van der Waals surface area contributed by atoms with Gasteiger partial charge in [-0.15, -0.1) is 0 Å². The molecule has 0 aliphatic carbocycles. The van der Waals surface area contributed by atoms with Crippen molar-refractivity contribution in [1.29, 1.82) is 0 Å². The first-order valence-corrected chi connectivity index (χ1v) is 12.5. The lowest BCUT2D eigenvalue weighted by molar-refractivity contribution is 0.435. The van der Waals surface area contributed by atoms with Crippen LogP contribution < -0.4 is 5.56 Å². The van der Waals surface area contributed by atoms with Crippen molar-refractivity contribution in [2.24, 2.45) is 4.99 Å². The summed E-state index contributed by atoms with van der Waals surface area (Å²) in [5.74, 6) is -0.430. The minimum absolute atomic E-state index is 0.0163. The van der Waals surface area contributed by atoms with E-state index in [0.717, 1.165) is 4.57 Å². The van der Waals surface area contributed by atoms with Crippen molar-refractivity contribution in [2.45, 2.75) is 18.7 Å². The van der Waals surface area contributed by atoms with Gasteiger partial charge in [0, 0.05) is 30.1 Å². The summed E-state index contributed by atoms with van der Waals surface area (Å²) < 4.78 is 28.5. The SMILES string of the molecule is CCN(CC)S(=O)(=O)c1cccc(-n2c(O)c(C=Nc3ccccc3O)c3ccccc3c2=O)c1. The molecule has 3 aromatic carbocycles. The van der Waals surface area contributed by atoms with Gasteiger partial charge in [0.15, 0.2) is 0 Å². The third kappa shape index (κ3) is 4.43. The van der Waals surface area contributed by atoms with E-state index in [1.165, 1.54) is 34.8 Å². The summed E-state index contributed by atoms with van der Waals surface area (Å²) in [5.41, 5.74) is 0.236. The van der Waals surface area contributed by atoms with Crippen LogP contribution in [0.2, 0.25) is 0 Å². The molecular formula is C26H25N3O5S. The number of pyridine rings is 1. The van der Waals surface area contributed by atoms with Gasteiger partial charge < -0.3 is 10.2 Å². The lowest BCUT2D eigenvalue weighted by atomic mass is 10.1. The number of hydrogen-bond donors (Lipinski definition) is 2. The Hall–Kier alpha value is -3.95. The molecule has 35 heavy (non-hydrogen) atoms. The number of hydrogen-bond acceptors (Lipinski definition) is 6. The van der Waals surface area contributed by atoms with Gasteiger partial charge in [-0.25, -0.2) is 13.0 Å². The zero-order valence-corrected chi connectivity index (χ0v) is 20.1. The summed E-state index contributed by atoms with van der Waals surface area (Å²) in [4.78, 5) is 17.7. The number of aliphatic imine (C=N–C) groups is 1. The van der Waals surface area contributed by atoms with E-state index >= 15 is 0 Å². The highest BCUT2D eigenvalue weighted by Gasteiger charge is 2.23. The fraction of sp³-hybridized carbons (Fsp3) is 0.154. The minimum Gasteiger partial charge on any atom is -0.506 e. The predicted molar refractivity (Wildman–Crippen MR) is 137 cm³/mol. The first kappa shape index (κ1) is 24.2. The van der Waals surface area contributed by atoms with Crippen LogP contribution in [-0.2, 0) is 10.0 Å². The number of para-hydroxylation sites is 2. The van der Waals surface area contributed by atoms with Crippen LogP contribution in [0, 0.1) is 0 Å². The Labute approximate surface area is 203 Å². The molecule has 1 heterocycles. The fourth-order valence-corrected chi connectivity index (χ4v) is 5.43. The number of benzene rings is 3. The van der Waals surface area contributed by atoms with Gasteiger partial charge in [0.05, 0.1) is 16.1 Å². The second kappa shape index (κ2) is 9.73. The summed E-state index contributed by atoms with van der Waals surface area (Å²) in [5, 5.41) is 22.1. The molecule has 0 radical (unpaired) electrons. The van der Waals surface area contributed by atoms with Gasteiger partial charge in [-0.2, -0.15) is 4.31 Å². The first-order chi connectivity index (χ1) is 16.8. The van der Waals surface area contributed by atoms with E-state index in [1.54, 1.807) is 62.4 Å². The van der Waals surface area contributed by atoms with Crippen molar-refractivity contribution in [2.75, 3.05) is 13.1 Å². The normalized spacial score (nSPS) is 12.1. The number of fused-ring (bicyclic) bond motifs is 1. The van der Waals surface area contributed by atoms with Gasteiger partial charge in [0.25, 0.3) is 5.56 Å². The summed E-state index contributed by atoms with van der Waals surface area (Å²) in [7, 11) is -3.78. The quantitative estimate of drug-likeness (QED) is 0.377. The molecule has 0 spiro atoms. The molecule has 9 heteroatoms. The number of nitrogens with zero attached hydrogens (tertiary/aromatic N) is 3. The molecule has 0 bridgehead atoms. The fourth-order valence-electron chi connectivity index (χ4n) is 3.93. The van der Waals surface area contributed by atoms with Crippen molar-refractivity contribution in [3.8, 4) is 17.3 Å². The first-order valence-electron chi connectivity index (χ1n) is 11.1. The Balaban J connectivity index is 1.95. The number of aromatic nitrogens is 1.